The average Bonchev–Trinajstić information content (AvgIpc) is 2.86. The Labute approximate surface area is 92.5 Å². The number of thiazole rings is 1. The third-order valence-corrected chi connectivity index (χ3v) is 4.20. The molecule has 0 radical (unpaired) electrons. The quantitative estimate of drug-likeness (QED) is 0.734. The number of hydrogen-bond donors (Lipinski definition) is 0. The third-order valence-electron chi connectivity index (χ3n) is 2.99. The Bertz CT molecular complexity index is 393. The summed E-state index contributed by atoms with van der Waals surface area (Å²) in [4.78, 5) is 17.3. The van der Waals surface area contributed by atoms with Gasteiger partial charge in [0.15, 0.2) is 5.78 Å². The molecule has 1 aliphatic carbocycles. The summed E-state index contributed by atoms with van der Waals surface area (Å²) >= 11 is 1.68. The van der Waals surface area contributed by atoms with Crippen LogP contribution < -0.4 is 0 Å². The minimum atomic E-state index is 0.161. The predicted octanol–water partition coefficient (Wildman–Crippen LogP) is 2.51. The Kier molecular flexibility index (Phi) is 2.33. The minimum absolute atomic E-state index is 0.161. The van der Waals surface area contributed by atoms with Gasteiger partial charge in [-0.05, 0) is 25.7 Å². The molecule has 0 N–H and O–H groups in total. The molecular weight excluding hydrogens is 210 g/mol. The van der Waals surface area contributed by atoms with Crippen molar-refractivity contribution in [2.75, 3.05) is 6.61 Å². The van der Waals surface area contributed by atoms with Crippen molar-refractivity contribution < 1.29 is 9.53 Å². The molecule has 4 heteroatoms. The van der Waals surface area contributed by atoms with E-state index in [1.54, 1.807) is 11.3 Å². The third kappa shape index (κ3) is 1.62. The van der Waals surface area contributed by atoms with Crippen molar-refractivity contribution in [3.05, 3.63) is 15.6 Å². The van der Waals surface area contributed by atoms with Crippen LogP contribution in [0.2, 0.25) is 0 Å². The van der Waals surface area contributed by atoms with Crippen molar-refractivity contribution in [3.8, 4) is 0 Å². The number of carbonyl (C=O) groups is 1. The van der Waals surface area contributed by atoms with E-state index in [2.05, 4.69) is 4.98 Å². The SMILES string of the molecule is O=C1CCCc2sc(C3CCCO3)nc21. The van der Waals surface area contributed by atoms with Crippen LogP contribution in [-0.4, -0.2) is 17.4 Å². The smallest absolute Gasteiger partial charge is 0.182 e. The summed E-state index contributed by atoms with van der Waals surface area (Å²) < 4.78 is 5.59. The molecule has 2 heterocycles. The first-order chi connectivity index (χ1) is 7.34. The first-order valence-electron chi connectivity index (χ1n) is 5.49. The van der Waals surface area contributed by atoms with Gasteiger partial charge in [0.25, 0.3) is 0 Å². The van der Waals surface area contributed by atoms with Gasteiger partial charge in [-0.1, -0.05) is 0 Å². The summed E-state index contributed by atoms with van der Waals surface area (Å²) in [6, 6.07) is 0. The summed E-state index contributed by atoms with van der Waals surface area (Å²) in [6.07, 6.45) is 5.00. The van der Waals surface area contributed by atoms with E-state index < -0.39 is 0 Å². The Morgan fingerprint density at radius 3 is 3.00 bits per heavy atom. The molecular formula is C11H13NO2S. The first-order valence-corrected chi connectivity index (χ1v) is 6.30. The minimum Gasteiger partial charge on any atom is -0.371 e. The maximum absolute atomic E-state index is 11.6. The molecule has 2 aliphatic rings. The summed E-state index contributed by atoms with van der Waals surface area (Å²) in [6.45, 7) is 0.836. The predicted molar refractivity (Wildman–Crippen MR) is 57.3 cm³/mol. The number of aromatic nitrogens is 1. The highest BCUT2D eigenvalue weighted by Gasteiger charge is 2.27. The molecule has 3 nitrogen and oxygen atoms in total. The molecule has 1 aliphatic heterocycles. The summed E-state index contributed by atoms with van der Waals surface area (Å²) in [7, 11) is 0. The Morgan fingerprint density at radius 1 is 1.33 bits per heavy atom. The van der Waals surface area contributed by atoms with Crippen LogP contribution in [0.25, 0.3) is 0 Å². The molecule has 1 aromatic rings. The highest BCUT2D eigenvalue weighted by atomic mass is 32.1. The van der Waals surface area contributed by atoms with Gasteiger partial charge in [-0.25, -0.2) is 4.98 Å². The molecule has 1 fully saturated rings. The Hall–Kier alpha value is -0.740. The van der Waals surface area contributed by atoms with E-state index in [1.165, 1.54) is 4.88 Å². The van der Waals surface area contributed by atoms with Crippen molar-refractivity contribution in [1.29, 1.82) is 0 Å². The standard InChI is InChI=1S/C11H13NO2S/c13-7-3-1-5-9-10(7)12-11(15-9)8-4-2-6-14-8/h8H,1-6H2. The van der Waals surface area contributed by atoms with Gasteiger partial charge in [0.1, 0.15) is 16.8 Å². The molecule has 1 atom stereocenters. The van der Waals surface area contributed by atoms with Gasteiger partial charge in [-0.3, -0.25) is 4.79 Å². The molecule has 80 valence electrons. The number of Topliss-reactive ketones (excluding diaryl/α,β-unsaturated/α-hetero) is 1. The number of carbonyl (C=O) groups excluding carboxylic acids is 1. The average molecular weight is 223 g/mol. The second-order valence-corrected chi connectivity index (χ2v) is 5.22. The molecule has 0 saturated carbocycles. The second kappa shape index (κ2) is 3.68. The van der Waals surface area contributed by atoms with E-state index in [-0.39, 0.29) is 11.9 Å². The lowest BCUT2D eigenvalue weighted by atomic mass is 10.0. The van der Waals surface area contributed by atoms with E-state index in [0.717, 1.165) is 43.0 Å². The molecule has 1 unspecified atom stereocenters. The topological polar surface area (TPSA) is 39.2 Å². The summed E-state index contributed by atoms with van der Waals surface area (Å²) in [5.74, 6) is 0.219. The lowest BCUT2D eigenvalue weighted by Crippen LogP contribution is -2.09. The van der Waals surface area contributed by atoms with Crippen LogP contribution in [0.3, 0.4) is 0 Å². The van der Waals surface area contributed by atoms with Crippen molar-refractivity contribution in [1.82, 2.24) is 4.98 Å². The van der Waals surface area contributed by atoms with Crippen LogP contribution in [0.5, 0.6) is 0 Å². The number of ether oxygens (including phenoxy) is 1. The van der Waals surface area contributed by atoms with Gasteiger partial charge in [0.05, 0.1) is 0 Å². The number of aryl methyl sites for hydroxylation is 1. The lowest BCUT2D eigenvalue weighted by molar-refractivity contribution is 0.0965. The van der Waals surface area contributed by atoms with Crippen LogP contribution >= 0.6 is 11.3 Å². The molecule has 0 amide bonds. The van der Waals surface area contributed by atoms with Crippen LogP contribution in [0.1, 0.15) is 52.2 Å². The van der Waals surface area contributed by atoms with E-state index in [1.807, 2.05) is 0 Å². The Morgan fingerprint density at radius 2 is 2.27 bits per heavy atom. The van der Waals surface area contributed by atoms with Crippen molar-refractivity contribution >= 4 is 17.1 Å². The van der Waals surface area contributed by atoms with Gasteiger partial charge in [-0.15, -0.1) is 11.3 Å². The highest BCUT2D eigenvalue weighted by Crippen LogP contribution is 2.35. The molecule has 15 heavy (non-hydrogen) atoms. The maximum atomic E-state index is 11.6. The summed E-state index contributed by atoms with van der Waals surface area (Å²) in [5, 5.41) is 1.02. The fourth-order valence-electron chi connectivity index (χ4n) is 2.20. The first kappa shape index (κ1) is 9.48. The number of nitrogens with zero attached hydrogens (tertiary/aromatic N) is 1. The molecule has 3 rings (SSSR count). The monoisotopic (exact) mass is 223 g/mol. The zero-order valence-electron chi connectivity index (χ0n) is 8.49. The number of fused-ring (bicyclic) bond motifs is 1. The largest absolute Gasteiger partial charge is 0.371 e. The van der Waals surface area contributed by atoms with Crippen LogP contribution in [0.4, 0.5) is 0 Å². The molecule has 1 aromatic heterocycles. The number of rotatable bonds is 1. The van der Waals surface area contributed by atoms with Gasteiger partial charge >= 0.3 is 0 Å². The van der Waals surface area contributed by atoms with Gasteiger partial charge < -0.3 is 4.74 Å². The zero-order valence-corrected chi connectivity index (χ0v) is 9.31. The number of hydrogen-bond acceptors (Lipinski definition) is 4. The van der Waals surface area contributed by atoms with E-state index in [0.29, 0.717) is 6.42 Å². The number of ketones is 1. The van der Waals surface area contributed by atoms with Crippen molar-refractivity contribution in [2.45, 2.75) is 38.2 Å². The highest BCUT2D eigenvalue weighted by molar-refractivity contribution is 7.12. The van der Waals surface area contributed by atoms with E-state index in [4.69, 9.17) is 4.74 Å². The fraction of sp³-hybridized carbons (Fsp3) is 0.636. The van der Waals surface area contributed by atoms with Crippen LogP contribution in [0.15, 0.2) is 0 Å². The van der Waals surface area contributed by atoms with Gasteiger partial charge in [0.2, 0.25) is 0 Å². The second-order valence-electron chi connectivity index (χ2n) is 4.10. The maximum Gasteiger partial charge on any atom is 0.182 e. The van der Waals surface area contributed by atoms with Crippen molar-refractivity contribution in [3.63, 3.8) is 0 Å². The van der Waals surface area contributed by atoms with Gasteiger partial charge in [-0.2, -0.15) is 0 Å². The molecule has 0 spiro atoms. The molecule has 0 bridgehead atoms. The normalized spacial score (nSPS) is 25.6. The Balaban J connectivity index is 1.94. The van der Waals surface area contributed by atoms with E-state index in [9.17, 15) is 4.79 Å². The zero-order chi connectivity index (χ0) is 10.3. The van der Waals surface area contributed by atoms with Crippen molar-refractivity contribution in [2.24, 2.45) is 0 Å². The summed E-state index contributed by atoms with van der Waals surface area (Å²) in [5.41, 5.74) is 0.733. The lowest BCUT2D eigenvalue weighted by Gasteiger charge is -2.06. The molecule has 0 aromatic carbocycles. The van der Waals surface area contributed by atoms with Crippen LogP contribution in [-0.2, 0) is 11.2 Å². The van der Waals surface area contributed by atoms with Gasteiger partial charge in [0, 0.05) is 17.9 Å². The van der Waals surface area contributed by atoms with Crippen LogP contribution in [0, 0.1) is 0 Å². The van der Waals surface area contributed by atoms with E-state index >= 15 is 0 Å². The molecule has 1 saturated heterocycles. The fourth-order valence-corrected chi connectivity index (χ4v) is 3.40.